The van der Waals surface area contributed by atoms with Crippen LogP contribution in [0.2, 0.25) is 5.02 Å². The molecule has 1 aromatic carbocycles. The Labute approximate surface area is 100.0 Å². The van der Waals surface area contributed by atoms with Crippen LogP contribution in [0.5, 0.6) is 0 Å². The third-order valence-corrected chi connectivity index (χ3v) is 3.08. The smallest absolute Gasteiger partial charge is 0.311 e. The predicted octanol–water partition coefficient (Wildman–Crippen LogP) is 2.36. The predicted molar refractivity (Wildman–Crippen MR) is 62.2 cm³/mol. The first-order valence-electron chi connectivity index (χ1n) is 4.96. The number of benzene rings is 1. The van der Waals surface area contributed by atoms with E-state index in [1.807, 2.05) is 0 Å². The molecule has 4 heteroatoms. The number of halogens is 1. The van der Waals surface area contributed by atoms with E-state index in [0.29, 0.717) is 10.6 Å². The van der Waals surface area contributed by atoms with Gasteiger partial charge in [0, 0.05) is 5.02 Å². The highest BCUT2D eigenvalue weighted by atomic mass is 35.5. The Morgan fingerprint density at radius 3 is 2.38 bits per heavy atom. The fourth-order valence-corrected chi connectivity index (χ4v) is 1.57. The van der Waals surface area contributed by atoms with Gasteiger partial charge in [0.25, 0.3) is 0 Å². The molecule has 3 nitrogen and oxygen atoms in total. The summed E-state index contributed by atoms with van der Waals surface area (Å²) in [6.07, 6.45) is 0. The number of hydrogen-bond acceptors (Lipinski definition) is 3. The van der Waals surface area contributed by atoms with Gasteiger partial charge in [-0.25, -0.2) is 0 Å². The molecule has 1 N–H and O–H groups in total. The molecule has 0 aliphatic carbocycles. The first-order valence-corrected chi connectivity index (χ1v) is 5.33. The molecule has 2 atom stereocenters. The minimum atomic E-state index is -1.27. The Balaban J connectivity index is 3.01. The number of carbonyl (C=O) groups excluding carboxylic acids is 1. The second-order valence-electron chi connectivity index (χ2n) is 3.90. The van der Waals surface area contributed by atoms with E-state index in [1.165, 1.54) is 7.11 Å². The van der Waals surface area contributed by atoms with Crippen molar-refractivity contribution >= 4 is 17.6 Å². The average molecular weight is 243 g/mol. The number of hydrogen-bond donors (Lipinski definition) is 1. The van der Waals surface area contributed by atoms with Crippen LogP contribution in [-0.4, -0.2) is 18.2 Å². The van der Waals surface area contributed by atoms with E-state index in [-0.39, 0.29) is 0 Å². The summed E-state index contributed by atoms with van der Waals surface area (Å²) in [4.78, 5) is 11.4. The van der Waals surface area contributed by atoms with Crippen LogP contribution in [0.3, 0.4) is 0 Å². The highest BCUT2D eigenvalue weighted by molar-refractivity contribution is 6.30. The van der Waals surface area contributed by atoms with E-state index in [0.717, 1.165) is 0 Å². The van der Waals surface area contributed by atoms with Crippen molar-refractivity contribution in [2.45, 2.75) is 19.4 Å². The molecular formula is C12H15ClO3. The molecule has 0 aromatic heterocycles. The Bertz CT molecular complexity index is 370. The van der Waals surface area contributed by atoms with Gasteiger partial charge in [-0.3, -0.25) is 4.79 Å². The highest BCUT2D eigenvalue weighted by Crippen LogP contribution is 2.30. The maximum absolute atomic E-state index is 11.4. The van der Waals surface area contributed by atoms with Crippen molar-refractivity contribution in [1.29, 1.82) is 0 Å². The van der Waals surface area contributed by atoms with E-state index < -0.39 is 17.5 Å². The normalized spacial score (nSPS) is 16.3. The van der Waals surface area contributed by atoms with Crippen molar-refractivity contribution in [2.24, 2.45) is 5.92 Å². The largest absolute Gasteiger partial charge is 0.469 e. The van der Waals surface area contributed by atoms with Gasteiger partial charge in [-0.1, -0.05) is 23.7 Å². The monoisotopic (exact) mass is 242 g/mol. The van der Waals surface area contributed by atoms with Gasteiger partial charge in [-0.05, 0) is 31.5 Å². The number of esters is 1. The molecule has 0 radical (unpaired) electrons. The lowest BCUT2D eigenvalue weighted by atomic mass is 9.84. The number of aliphatic hydroxyl groups is 1. The van der Waals surface area contributed by atoms with E-state index in [2.05, 4.69) is 4.74 Å². The molecule has 0 saturated carbocycles. The van der Waals surface area contributed by atoms with Crippen LogP contribution in [0.4, 0.5) is 0 Å². The topological polar surface area (TPSA) is 46.5 Å². The molecule has 0 unspecified atom stereocenters. The van der Waals surface area contributed by atoms with Crippen molar-refractivity contribution in [2.75, 3.05) is 7.11 Å². The third kappa shape index (κ3) is 2.54. The van der Waals surface area contributed by atoms with Crippen LogP contribution in [0, 0.1) is 5.92 Å². The second kappa shape index (κ2) is 4.85. The molecule has 0 heterocycles. The molecule has 1 rings (SSSR count). The van der Waals surface area contributed by atoms with E-state index in [9.17, 15) is 9.90 Å². The number of ether oxygens (including phenoxy) is 1. The van der Waals surface area contributed by atoms with E-state index in [1.54, 1.807) is 38.1 Å². The molecular weight excluding hydrogens is 228 g/mol. The summed E-state index contributed by atoms with van der Waals surface area (Å²) in [5.74, 6) is -1.08. The maximum atomic E-state index is 11.4. The summed E-state index contributed by atoms with van der Waals surface area (Å²) in [5.41, 5.74) is -0.632. The fourth-order valence-electron chi connectivity index (χ4n) is 1.44. The van der Waals surface area contributed by atoms with Crippen LogP contribution in [0.15, 0.2) is 24.3 Å². The molecule has 1 aromatic rings. The number of carbonyl (C=O) groups is 1. The van der Waals surface area contributed by atoms with Gasteiger partial charge < -0.3 is 9.84 Å². The van der Waals surface area contributed by atoms with Crippen molar-refractivity contribution < 1.29 is 14.6 Å². The first kappa shape index (κ1) is 13.0. The molecule has 0 spiro atoms. The standard InChI is InChI=1S/C12H15ClO3/c1-8(11(14)16-3)12(2,15)9-4-6-10(13)7-5-9/h4-8,15H,1-3H3/t8-,12-/m0/s1. The minimum absolute atomic E-state index is 0.444. The maximum Gasteiger partial charge on any atom is 0.311 e. The molecule has 0 bridgehead atoms. The van der Waals surface area contributed by atoms with Crippen LogP contribution in [0.1, 0.15) is 19.4 Å². The average Bonchev–Trinajstić information content (AvgIpc) is 2.27. The summed E-state index contributed by atoms with van der Waals surface area (Å²) < 4.78 is 4.62. The van der Waals surface area contributed by atoms with Gasteiger partial charge in [0.1, 0.15) is 0 Å². The second-order valence-corrected chi connectivity index (χ2v) is 4.34. The zero-order valence-electron chi connectivity index (χ0n) is 9.53. The van der Waals surface area contributed by atoms with Crippen molar-refractivity contribution in [1.82, 2.24) is 0 Å². The SMILES string of the molecule is COC(=O)[C@H](C)[C@](C)(O)c1ccc(Cl)cc1. The van der Waals surface area contributed by atoms with Crippen molar-refractivity contribution in [3.8, 4) is 0 Å². The summed E-state index contributed by atoms with van der Waals surface area (Å²) in [5, 5.41) is 10.9. The van der Waals surface area contributed by atoms with E-state index >= 15 is 0 Å². The molecule has 0 amide bonds. The molecule has 0 fully saturated rings. The Morgan fingerprint density at radius 2 is 1.94 bits per heavy atom. The van der Waals surface area contributed by atoms with Gasteiger partial charge in [-0.15, -0.1) is 0 Å². The van der Waals surface area contributed by atoms with Crippen LogP contribution in [-0.2, 0) is 15.1 Å². The summed E-state index contributed by atoms with van der Waals surface area (Å²) in [6, 6.07) is 6.74. The van der Waals surface area contributed by atoms with Gasteiger partial charge >= 0.3 is 5.97 Å². The summed E-state index contributed by atoms with van der Waals surface area (Å²) in [7, 11) is 1.30. The Hall–Kier alpha value is -1.06. The van der Waals surface area contributed by atoms with Gasteiger partial charge in [0.2, 0.25) is 0 Å². The van der Waals surface area contributed by atoms with Crippen molar-refractivity contribution in [3.63, 3.8) is 0 Å². The van der Waals surface area contributed by atoms with Gasteiger partial charge in [0.15, 0.2) is 0 Å². The molecule has 88 valence electrons. The summed E-state index contributed by atoms with van der Waals surface area (Å²) in [6.45, 7) is 3.21. The lowest BCUT2D eigenvalue weighted by molar-refractivity contribution is -0.154. The van der Waals surface area contributed by atoms with Crippen LogP contribution >= 0.6 is 11.6 Å². The highest BCUT2D eigenvalue weighted by Gasteiger charge is 2.36. The Morgan fingerprint density at radius 1 is 1.44 bits per heavy atom. The fraction of sp³-hybridized carbons (Fsp3) is 0.417. The Kier molecular flexibility index (Phi) is 3.94. The third-order valence-electron chi connectivity index (χ3n) is 2.83. The van der Waals surface area contributed by atoms with Gasteiger partial charge in [-0.2, -0.15) is 0 Å². The zero-order valence-corrected chi connectivity index (χ0v) is 10.3. The lowest BCUT2D eigenvalue weighted by Gasteiger charge is -2.28. The lowest BCUT2D eigenvalue weighted by Crippen LogP contribution is -2.35. The first-order chi connectivity index (χ1) is 7.39. The number of rotatable bonds is 3. The van der Waals surface area contributed by atoms with Crippen LogP contribution in [0.25, 0.3) is 0 Å². The molecule has 0 aliphatic heterocycles. The van der Waals surface area contributed by atoms with Crippen LogP contribution < -0.4 is 0 Å². The quantitative estimate of drug-likeness (QED) is 0.828. The van der Waals surface area contributed by atoms with Crippen molar-refractivity contribution in [3.05, 3.63) is 34.9 Å². The van der Waals surface area contributed by atoms with E-state index in [4.69, 9.17) is 11.6 Å². The van der Waals surface area contributed by atoms with Gasteiger partial charge in [0.05, 0.1) is 18.6 Å². The molecule has 0 aliphatic rings. The zero-order chi connectivity index (χ0) is 12.3. The minimum Gasteiger partial charge on any atom is -0.469 e. The molecule has 0 saturated heterocycles. The summed E-state index contributed by atoms with van der Waals surface area (Å²) >= 11 is 5.76. The number of methoxy groups -OCH3 is 1. The molecule has 16 heavy (non-hydrogen) atoms.